The van der Waals surface area contributed by atoms with Gasteiger partial charge in [-0.15, -0.1) is 0 Å². The van der Waals surface area contributed by atoms with Crippen molar-refractivity contribution in [2.75, 3.05) is 31.5 Å². The maximum atomic E-state index is 12.0. The largest absolute Gasteiger partial charge is 0.325 e. The van der Waals surface area contributed by atoms with Gasteiger partial charge in [0.05, 0.1) is 12.6 Å². The van der Waals surface area contributed by atoms with E-state index >= 15 is 0 Å². The first-order valence-electron chi connectivity index (χ1n) is 6.40. The zero-order valence-electron chi connectivity index (χ0n) is 11.0. The Balaban J connectivity index is 1.92. The summed E-state index contributed by atoms with van der Waals surface area (Å²) in [6, 6.07) is 9.68. The molecule has 1 aromatic rings. The topological polar surface area (TPSA) is 68.2 Å². The molecule has 0 saturated carbocycles. The second-order valence-corrected chi connectivity index (χ2v) is 4.74. The molecule has 1 amide bonds. The summed E-state index contributed by atoms with van der Waals surface area (Å²) in [6.07, 6.45) is 0. The average Bonchev–Trinajstić information content (AvgIpc) is 2.39. The van der Waals surface area contributed by atoms with E-state index in [4.69, 9.17) is 5.26 Å². The lowest BCUT2D eigenvalue weighted by Gasteiger charge is -2.31. The molecule has 2 rings (SSSR count). The molecule has 0 bridgehead atoms. The van der Waals surface area contributed by atoms with Gasteiger partial charge in [-0.25, -0.2) is 0 Å². The number of aryl methyl sites for hydroxylation is 1. The third-order valence-corrected chi connectivity index (χ3v) is 3.15. The van der Waals surface area contributed by atoms with E-state index in [0.29, 0.717) is 6.54 Å². The Hall–Kier alpha value is -1.90. The Morgan fingerprint density at radius 3 is 3.21 bits per heavy atom. The van der Waals surface area contributed by atoms with Gasteiger partial charge < -0.3 is 10.6 Å². The number of carbonyl (C=O) groups is 1. The number of nitrogens with one attached hydrogen (secondary N) is 2. The van der Waals surface area contributed by atoms with Gasteiger partial charge in [-0.3, -0.25) is 9.69 Å². The summed E-state index contributed by atoms with van der Waals surface area (Å²) in [7, 11) is 0. The summed E-state index contributed by atoms with van der Waals surface area (Å²) in [6.45, 7) is 4.40. The van der Waals surface area contributed by atoms with E-state index in [1.54, 1.807) is 0 Å². The zero-order chi connectivity index (χ0) is 13.7. The van der Waals surface area contributed by atoms with Crippen molar-refractivity contribution in [3.8, 4) is 6.07 Å². The number of anilines is 1. The molecule has 0 spiro atoms. The SMILES string of the molecule is Cc1cccc(NC(=O)CN2CCNCC2C#N)c1. The van der Waals surface area contributed by atoms with Crippen LogP contribution in [0.4, 0.5) is 5.69 Å². The van der Waals surface area contributed by atoms with E-state index in [2.05, 4.69) is 16.7 Å². The number of amides is 1. The minimum Gasteiger partial charge on any atom is -0.325 e. The molecule has 1 heterocycles. The average molecular weight is 258 g/mol. The first-order valence-corrected chi connectivity index (χ1v) is 6.40. The minimum atomic E-state index is -0.225. The van der Waals surface area contributed by atoms with Crippen LogP contribution >= 0.6 is 0 Å². The van der Waals surface area contributed by atoms with Crippen molar-refractivity contribution < 1.29 is 4.79 Å². The molecule has 1 aliphatic heterocycles. The molecule has 1 fully saturated rings. The standard InChI is InChI=1S/C14H18N4O/c1-11-3-2-4-12(7-11)17-14(19)10-18-6-5-16-9-13(18)8-15/h2-4,7,13,16H,5-6,9-10H2,1H3,(H,17,19). The van der Waals surface area contributed by atoms with Gasteiger partial charge in [-0.2, -0.15) is 5.26 Å². The number of nitrogens with zero attached hydrogens (tertiary/aromatic N) is 2. The monoisotopic (exact) mass is 258 g/mol. The van der Waals surface area contributed by atoms with E-state index in [9.17, 15) is 4.79 Å². The van der Waals surface area contributed by atoms with Gasteiger partial charge in [0.25, 0.3) is 0 Å². The molecule has 0 aromatic heterocycles. The highest BCUT2D eigenvalue weighted by atomic mass is 16.2. The van der Waals surface area contributed by atoms with Crippen LogP contribution in [0.25, 0.3) is 0 Å². The van der Waals surface area contributed by atoms with E-state index < -0.39 is 0 Å². The van der Waals surface area contributed by atoms with E-state index in [-0.39, 0.29) is 18.5 Å². The summed E-state index contributed by atoms with van der Waals surface area (Å²) in [4.78, 5) is 13.9. The zero-order valence-corrected chi connectivity index (χ0v) is 11.0. The number of piperazine rings is 1. The fraction of sp³-hybridized carbons (Fsp3) is 0.429. The van der Waals surface area contributed by atoms with Gasteiger partial charge in [-0.1, -0.05) is 12.1 Å². The molecule has 1 unspecified atom stereocenters. The number of nitriles is 1. The second-order valence-electron chi connectivity index (χ2n) is 4.74. The molecule has 1 aromatic carbocycles. The van der Waals surface area contributed by atoms with Crippen LogP contribution in [0.2, 0.25) is 0 Å². The van der Waals surface area contributed by atoms with Crippen LogP contribution in [-0.2, 0) is 4.79 Å². The lowest BCUT2D eigenvalue weighted by atomic mass is 10.2. The molecule has 1 saturated heterocycles. The fourth-order valence-electron chi connectivity index (χ4n) is 2.17. The van der Waals surface area contributed by atoms with Crippen molar-refractivity contribution in [2.24, 2.45) is 0 Å². The maximum absolute atomic E-state index is 12.0. The number of hydrogen-bond acceptors (Lipinski definition) is 4. The van der Waals surface area contributed by atoms with Gasteiger partial charge >= 0.3 is 0 Å². The van der Waals surface area contributed by atoms with Crippen molar-refractivity contribution in [1.29, 1.82) is 5.26 Å². The van der Waals surface area contributed by atoms with Crippen LogP contribution in [0.3, 0.4) is 0 Å². The Morgan fingerprint density at radius 1 is 1.63 bits per heavy atom. The number of benzene rings is 1. The molecule has 1 atom stereocenters. The molecular formula is C14H18N4O. The molecule has 5 nitrogen and oxygen atoms in total. The van der Waals surface area contributed by atoms with Crippen LogP contribution in [-0.4, -0.2) is 43.0 Å². The lowest BCUT2D eigenvalue weighted by molar-refractivity contribution is -0.117. The van der Waals surface area contributed by atoms with Crippen molar-refractivity contribution >= 4 is 11.6 Å². The highest BCUT2D eigenvalue weighted by molar-refractivity contribution is 5.92. The molecule has 100 valence electrons. The smallest absolute Gasteiger partial charge is 0.238 e. The van der Waals surface area contributed by atoms with Crippen LogP contribution in [0.15, 0.2) is 24.3 Å². The lowest BCUT2D eigenvalue weighted by Crippen LogP contribution is -2.52. The summed E-state index contributed by atoms with van der Waals surface area (Å²) >= 11 is 0. The predicted molar refractivity (Wildman–Crippen MR) is 73.7 cm³/mol. The van der Waals surface area contributed by atoms with Crippen molar-refractivity contribution in [3.05, 3.63) is 29.8 Å². The van der Waals surface area contributed by atoms with Gasteiger partial charge in [0, 0.05) is 25.3 Å². The van der Waals surface area contributed by atoms with Crippen LogP contribution < -0.4 is 10.6 Å². The molecule has 0 aliphatic carbocycles. The number of hydrogen-bond donors (Lipinski definition) is 2. The molecule has 5 heteroatoms. The third-order valence-electron chi connectivity index (χ3n) is 3.15. The Kier molecular flexibility index (Phi) is 4.50. The Bertz CT molecular complexity index is 494. The van der Waals surface area contributed by atoms with E-state index in [0.717, 1.165) is 24.3 Å². The second kappa shape index (κ2) is 6.32. The first-order chi connectivity index (χ1) is 9.19. The summed E-state index contributed by atoms with van der Waals surface area (Å²) in [5, 5.41) is 15.1. The number of rotatable bonds is 3. The van der Waals surface area contributed by atoms with Crippen molar-refractivity contribution in [1.82, 2.24) is 10.2 Å². The van der Waals surface area contributed by atoms with E-state index in [1.165, 1.54) is 0 Å². The van der Waals surface area contributed by atoms with Gasteiger partial charge in [0.15, 0.2) is 0 Å². The van der Waals surface area contributed by atoms with Gasteiger partial charge in [0.2, 0.25) is 5.91 Å². The number of carbonyl (C=O) groups excluding carboxylic acids is 1. The molecule has 19 heavy (non-hydrogen) atoms. The quantitative estimate of drug-likeness (QED) is 0.838. The minimum absolute atomic E-state index is 0.0762. The van der Waals surface area contributed by atoms with Crippen LogP contribution in [0.5, 0.6) is 0 Å². The van der Waals surface area contributed by atoms with Crippen LogP contribution in [0, 0.1) is 18.3 Å². The Labute approximate surface area is 113 Å². The van der Waals surface area contributed by atoms with Crippen molar-refractivity contribution in [3.63, 3.8) is 0 Å². The summed E-state index contributed by atoms with van der Waals surface area (Å²) < 4.78 is 0. The van der Waals surface area contributed by atoms with E-state index in [1.807, 2.05) is 36.1 Å². The normalized spacial score (nSPS) is 19.7. The fourth-order valence-corrected chi connectivity index (χ4v) is 2.17. The summed E-state index contributed by atoms with van der Waals surface area (Å²) in [5.74, 6) is -0.0762. The Morgan fingerprint density at radius 2 is 2.47 bits per heavy atom. The highest BCUT2D eigenvalue weighted by Crippen LogP contribution is 2.10. The van der Waals surface area contributed by atoms with Gasteiger partial charge in [0.1, 0.15) is 6.04 Å². The molecule has 0 radical (unpaired) electrons. The molecule has 1 aliphatic rings. The first kappa shape index (κ1) is 13.5. The molecule has 2 N–H and O–H groups in total. The van der Waals surface area contributed by atoms with Crippen molar-refractivity contribution in [2.45, 2.75) is 13.0 Å². The van der Waals surface area contributed by atoms with Gasteiger partial charge in [-0.05, 0) is 24.6 Å². The third kappa shape index (κ3) is 3.78. The molecular weight excluding hydrogens is 240 g/mol. The highest BCUT2D eigenvalue weighted by Gasteiger charge is 2.23. The summed E-state index contributed by atoms with van der Waals surface area (Å²) in [5.41, 5.74) is 1.91. The van der Waals surface area contributed by atoms with Crippen LogP contribution in [0.1, 0.15) is 5.56 Å². The predicted octanol–water partition coefficient (Wildman–Crippen LogP) is 0.731. The maximum Gasteiger partial charge on any atom is 0.238 e.